The Balaban J connectivity index is 1.50. The number of aromatic nitrogens is 1. The minimum absolute atomic E-state index is 0.00820. The summed E-state index contributed by atoms with van der Waals surface area (Å²) in [4.78, 5) is 31.6. The Morgan fingerprint density at radius 1 is 1.20 bits per heavy atom. The molecule has 126 valence electrons. The van der Waals surface area contributed by atoms with E-state index >= 15 is 0 Å². The summed E-state index contributed by atoms with van der Waals surface area (Å²) < 4.78 is 0. The molecule has 6 nitrogen and oxygen atoms in total. The van der Waals surface area contributed by atoms with Gasteiger partial charge in [-0.15, -0.1) is 0 Å². The van der Waals surface area contributed by atoms with Crippen LogP contribution in [0.25, 0.3) is 0 Å². The van der Waals surface area contributed by atoms with Crippen LogP contribution in [-0.4, -0.2) is 41.3 Å². The van der Waals surface area contributed by atoms with Gasteiger partial charge in [0.25, 0.3) is 5.91 Å². The number of H-pyrrole nitrogens is 1. The molecule has 2 fully saturated rings. The van der Waals surface area contributed by atoms with Crippen molar-refractivity contribution in [3.63, 3.8) is 0 Å². The number of nitriles is 1. The average Bonchev–Trinajstić information content (AvgIpc) is 3.36. The van der Waals surface area contributed by atoms with E-state index in [1.165, 1.54) is 0 Å². The van der Waals surface area contributed by atoms with Crippen LogP contribution in [0, 0.1) is 16.7 Å². The predicted molar refractivity (Wildman–Crippen MR) is 91.9 cm³/mol. The Hall–Kier alpha value is -3.07. The topological polar surface area (TPSA) is 80.2 Å². The molecule has 1 spiro atoms. The van der Waals surface area contributed by atoms with Gasteiger partial charge >= 0.3 is 0 Å². The maximum Gasteiger partial charge on any atom is 0.270 e. The maximum atomic E-state index is 12.5. The Kier molecular flexibility index (Phi) is 3.57. The van der Waals surface area contributed by atoms with Crippen molar-refractivity contribution in [2.24, 2.45) is 5.41 Å². The zero-order valence-electron chi connectivity index (χ0n) is 13.7. The van der Waals surface area contributed by atoms with Gasteiger partial charge < -0.3 is 14.8 Å². The Labute approximate surface area is 145 Å². The number of aromatic amines is 1. The first-order chi connectivity index (χ1) is 12.1. The molecular formula is C19H18N4O2. The number of hydrogen-bond acceptors (Lipinski definition) is 3. The number of benzene rings is 1. The van der Waals surface area contributed by atoms with Crippen molar-refractivity contribution in [2.75, 3.05) is 24.5 Å². The summed E-state index contributed by atoms with van der Waals surface area (Å²) in [5, 5.41) is 8.90. The number of anilines is 1. The second kappa shape index (κ2) is 5.78. The molecule has 4 rings (SSSR count). The number of rotatable bonds is 2. The van der Waals surface area contributed by atoms with Crippen molar-refractivity contribution in [3.8, 4) is 6.07 Å². The van der Waals surface area contributed by atoms with Crippen LogP contribution in [0.4, 0.5) is 5.69 Å². The largest absolute Gasteiger partial charge is 0.357 e. The van der Waals surface area contributed by atoms with Crippen molar-refractivity contribution in [2.45, 2.75) is 12.8 Å². The predicted octanol–water partition coefficient (Wildman–Crippen LogP) is 2.16. The molecular weight excluding hydrogens is 316 g/mol. The van der Waals surface area contributed by atoms with Gasteiger partial charge in [-0.25, -0.2) is 0 Å². The molecule has 2 aliphatic heterocycles. The van der Waals surface area contributed by atoms with Crippen LogP contribution in [0.5, 0.6) is 0 Å². The quantitative estimate of drug-likeness (QED) is 0.914. The molecule has 0 unspecified atom stereocenters. The lowest BCUT2D eigenvalue weighted by Crippen LogP contribution is -2.34. The lowest BCUT2D eigenvalue weighted by molar-refractivity contribution is -0.117. The lowest BCUT2D eigenvalue weighted by Gasteiger charge is -2.24. The molecule has 0 saturated carbocycles. The van der Waals surface area contributed by atoms with Crippen LogP contribution in [0.1, 0.15) is 28.9 Å². The van der Waals surface area contributed by atoms with E-state index in [9.17, 15) is 9.59 Å². The summed E-state index contributed by atoms with van der Waals surface area (Å²) in [5.74, 6) is 0.0741. The summed E-state index contributed by atoms with van der Waals surface area (Å²) >= 11 is 0. The van der Waals surface area contributed by atoms with E-state index in [0.717, 1.165) is 12.1 Å². The molecule has 0 aliphatic carbocycles. The van der Waals surface area contributed by atoms with Gasteiger partial charge in [-0.2, -0.15) is 5.26 Å². The summed E-state index contributed by atoms with van der Waals surface area (Å²) in [6.07, 6.45) is 3.03. The van der Waals surface area contributed by atoms with Gasteiger partial charge in [0, 0.05) is 43.4 Å². The highest BCUT2D eigenvalue weighted by molar-refractivity contribution is 5.97. The van der Waals surface area contributed by atoms with Crippen molar-refractivity contribution >= 4 is 17.5 Å². The number of likely N-dealkylation sites (tertiary alicyclic amines) is 1. The van der Waals surface area contributed by atoms with Crippen LogP contribution < -0.4 is 4.90 Å². The van der Waals surface area contributed by atoms with Crippen molar-refractivity contribution < 1.29 is 9.59 Å². The van der Waals surface area contributed by atoms with Gasteiger partial charge in [0.05, 0.1) is 11.6 Å². The van der Waals surface area contributed by atoms with E-state index < -0.39 is 0 Å². The Bertz CT molecular complexity index is 851. The van der Waals surface area contributed by atoms with Gasteiger partial charge in [0.15, 0.2) is 0 Å². The Morgan fingerprint density at radius 2 is 2.00 bits per heavy atom. The van der Waals surface area contributed by atoms with E-state index in [2.05, 4.69) is 11.1 Å². The third-order valence-electron chi connectivity index (χ3n) is 5.18. The number of carbonyl (C=O) groups is 2. The van der Waals surface area contributed by atoms with Crippen molar-refractivity contribution in [1.82, 2.24) is 9.88 Å². The van der Waals surface area contributed by atoms with Gasteiger partial charge in [-0.1, -0.05) is 0 Å². The highest BCUT2D eigenvalue weighted by Gasteiger charge is 2.48. The molecule has 2 aliphatic rings. The molecule has 2 saturated heterocycles. The summed E-state index contributed by atoms with van der Waals surface area (Å²) in [6, 6.07) is 12.7. The smallest absolute Gasteiger partial charge is 0.270 e. The summed E-state index contributed by atoms with van der Waals surface area (Å²) in [5.41, 5.74) is 1.81. The molecule has 3 heterocycles. The standard InChI is InChI=1S/C19H18N4O2/c20-11-14-3-5-15(6-4-14)23-13-19(10-17(23)24)7-9-22(12-19)18(25)16-2-1-8-21-16/h1-6,8,21H,7,9-10,12-13H2/t19-/m1/s1. The van der Waals surface area contributed by atoms with E-state index in [4.69, 9.17) is 5.26 Å². The Morgan fingerprint density at radius 3 is 2.68 bits per heavy atom. The normalized spacial score (nSPS) is 22.6. The van der Waals surface area contributed by atoms with Crippen LogP contribution >= 0.6 is 0 Å². The van der Waals surface area contributed by atoms with E-state index in [-0.39, 0.29) is 17.2 Å². The number of amides is 2. The fraction of sp³-hybridized carbons (Fsp3) is 0.316. The zero-order valence-corrected chi connectivity index (χ0v) is 13.7. The molecule has 2 aromatic rings. The fourth-order valence-corrected chi connectivity index (χ4v) is 3.86. The molecule has 1 aromatic carbocycles. The minimum Gasteiger partial charge on any atom is -0.357 e. The monoisotopic (exact) mass is 334 g/mol. The number of carbonyl (C=O) groups excluding carboxylic acids is 2. The van der Waals surface area contributed by atoms with E-state index in [1.807, 2.05) is 23.1 Å². The molecule has 25 heavy (non-hydrogen) atoms. The summed E-state index contributed by atoms with van der Waals surface area (Å²) in [7, 11) is 0. The third-order valence-corrected chi connectivity index (χ3v) is 5.18. The van der Waals surface area contributed by atoms with E-state index in [0.29, 0.717) is 37.3 Å². The van der Waals surface area contributed by atoms with Crippen molar-refractivity contribution in [3.05, 3.63) is 53.9 Å². The van der Waals surface area contributed by atoms with Crippen LogP contribution in [0.2, 0.25) is 0 Å². The number of nitrogens with one attached hydrogen (secondary N) is 1. The van der Waals surface area contributed by atoms with Crippen LogP contribution in [0.15, 0.2) is 42.6 Å². The first-order valence-electron chi connectivity index (χ1n) is 8.33. The van der Waals surface area contributed by atoms with E-state index in [1.54, 1.807) is 29.3 Å². The number of hydrogen-bond donors (Lipinski definition) is 1. The highest BCUT2D eigenvalue weighted by Crippen LogP contribution is 2.42. The first-order valence-corrected chi connectivity index (χ1v) is 8.33. The van der Waals surface area contributed by atoms with Gasteiger partial charge in [-0.3, -0.25) is 9.59 Å². The molecule has 0 bridgehead atoms. The lowest BCUT2D eigenvalue weighted by atomic mass is 9.86. The first kappa shape index (κ1) is 15.5. The molecule has 1 aromatic heterocycles. The molecule has 1 N–H and O–H groups in total. The zero-order chi connectivity index (χ0) is 17.4. The SMILES string of the molecule is N#Cc1ccc(N2C[C@]3(CCN(C(=O)c4ccc[nH]4)C3)CC2=O)cc1. The van der Waals surface area contributed by atoms with Crippen LogP contribution in [-0.2, 0) is 4.79 Å². The maximum absolute atomic E-state index is 12.5. The van der Waals surface area contributed by atoms with Gasteiger partial charge in [0.1, 0.15) is 5.69 Å². The molecule has 6 heteroatoms. The molecule has 0 radical (unpaired) electrons. The average molecular weight is 334 g/mol. The van der Waals surface area contributed by atoms with Gasteiger partial charge in [-0.05, 0) is 42.8 Å². The van der Waals surface area contributed by atoms with Crippen molar-refractivity contribution in [1.29, 1.82) is 5.26 Å². The van der Waals surface area contributed by atoms with Gasteiger partial charge in [0.2, 0.25) is 5.91 Å². The third kappa shape index (κ3) is 2.68. The fourth-order valence-electron chi connectivity index (χ4n) is 3.86. The minimum atomic E-state index is -0.173. The number of nitrogens with zero attached hydrogens (tertiary/aromatic N) is 3. The second-order valence-electron chi connectivity index (χ2n) is 6.88. The highest BCUT2D eigenvalue weighted by atomic mass is 16.2. The molecule has 2 amide bonds. The summed E-state index contributed by atoms with van der Waals surface area (Å²) in [6.45, 7) is 1.89. The second-order valence-corrected chi connectivity index (χ2v) is 6.88. The van der Waals surface area contributed by atoms with Crippen LogP contribution in [0.3, 0.4) is 0 Å². The molecule has 1 atom stereocenters.